The molecule has 110 valence electrons. The average molecular weight is 349 g/mol. The molecule has 0 radical (unpaired) electrons. The molecule has 1 fully saturated rings. The van der Waals surface area contributed by atoms with E-state index in [4.69, 9.17) is 4.52 Å². The number of hydrogen-bond donors (Lipinski definition) is 0. The summed E-state index contributed by atoms with van der Waals surface area (Å²) in [5, 5.41) is 3.89. The van der Waals surface area contributed by atoms with Gasteiger partial charge in [0.2, 0.25) is 0 Å². The minimum absolute atomic E-state index is 0.0220. The molecule has 5 heteroatoms. The van der Waals surface area contributed by atoms with Crippen LogP contribution >= 0.6 is 15.9 Å². The number of aryl methyl sites for hydroxylation is 2. The first kappa shape index (κ1) is 14.3. The Morgan fingerprint density at radius 2 is 2.19 bits per heavy atom. The lowest BCUT2D eigenvalue weighted by molar-refractivity contribution is 0.0727. The lowest BCUT2D eigenvalue weighted by Crippen LogP contribution is -2.33. The standard InChI is InChI=1S/C16H17BrN2O2/c1-10-15(11(2)21-18-10)16(20)19(14-6-7-14)9-12-4-3-5-13(17)8-12/h3-5,8,14H,6-7,9H2,1-2H3. The minimum atomic E-state index is 0.0220. The van der Waals surface area contributed by atoms with Gasteiger partial charge in [0.1, 0.15) is 11.3 Å². The first-order valence-corrected chi connectivity index (χ1v) is 7.84. The maximum atomic E-state index is 12.8. The molecule has 1 amide bonds. The van der Waals surface area contributed by atoms with Crippen molar-refractivity contribution in [2.24, 2.45) is 0 Å². The molecule has 3 rings (SSSR count). The van der Waals surface area contributed by atoms with E-state index in [1.807, 2.05) is 30.0 Å². The molecule has 2 aromatic rings. The van der Waals surface area contributed by atoms with Crippen LogP contribution < -0.4 is 0 Å². The molecular weight excluding hydrogens is 332 g/mol. The van der Waals surface area contributed by atoms with Crippen molar-refractivity contribution in [2.75, 3.05) is 0 Å². The Bertz CT molecular complexity index is 657. The summed E-state index contributed by atoms with van der Waals surface area (Å²) in [5.74, 6) is 0.617. The number of carbonyl (C=O) groups is 1. The number of carbonyl (C=O) groups excluding carboxylic acids is 1. The highest BCUT2D eigenvalue weighted by Crippen LogP contribution is 2.31. The van der Waals surface area contributed by atoms with E-state index in [0.717, 1.165) is 22.9 Å². The van der Waals surface area contributed by atoms with E-state index in [2.05, 4.69) is 27.2 Å². The predicted molar refractivity (Wildman–Crippen MR) is 83.0 cm³/mol. The average Bonchev–Trinajstić information content (AvgIpc) is 3.22. The molecule has 0 N–H and O–H groups in total. The van der Waals surface area contributed by atoms with Crippen LogP contribution in [0.25, 0.3) is 0 Å². The van der Waals surface area contributed by atoms with Crippen molar-refractivity contribution < 1.29 is 9.32 Å². The summed E-state index contributed by atoms with van der Waals surface area (Å²) in [7, 11) is 0. The van der Waals surface area contributed by atoms with Gasteiger partial charge in [0, 0.05) is 17.1 Å². The van der Waals surface area contributed by atoms with E-state index >= 15 is 0 Å². The minimum Gasteiger partial charge on any atom is -0.361 e. The smallest absolute Gasteiger partial charge is 0.259 e. The largest absolute Gasteiger partial charge is 0.361 e. The number of amides is 1. The molecule has 1 aromatic carbocycles. The van der Waals surface area contributed by atoms with Crippen molar-refractivity contribution in [2.45, 2.75) is 39.3 Å². The molecule has 0 atom stereocenters. The van der Waals surface area contributed by atoms with Crippen LogP contribution in [-0.2, 0) is 6.54 Å². The van der Waals surface area contributed by atoms with Gasteiger partial charge in [-0.1, -0.05) is 33.2 Å². The number of halogens is 1. The molecule has 1 aliphatic carbocycles. The van der Waals surface area contributed by atoms with Gasteiger partial charge in [-0.3, -0.25) is 4.79 Å². The highest BCUT2D eigenvalue weighted by atomic mass is 79.9. The molecule has 1 aromatic heterocycles. The van der Waals surface area contributed by atoms with Crippen LogP contribution in [0.4, 0.5) is 0 Å². The van der Waals surface area contributed by atoms with Crippen LogP contribution in [0.15, 0.2) is 33.3 Å². The van der Waals surface area contributed by atoms with Crippen molar-refractivity contribution in [3.63, 3.8) is 0 Å². The number of hydrogen-bond acceptors (Lipinski definition) is 3. The topological polar surface area (TPSA) is 46.3 Å². The van der Waals surface area contributed by atoms with E-state index < -0.39 is 0 Å². The van der Waals surface area contributed by atoms with E-state index in [9.17, 15) is 4.79 Å². The monoisotopic (exact) mass is 348 g/mol. The zero-order valence-corrected chi connectivity index (χ0v) is 13.7. The molecule has 0 saturated heterocycles. The van der Waals surface area contributed by atoms with Gasteiger partial charge >= 0.3 is 0 Å². The molecule has 0 unspecified atom stereocenters. The maximum absolute atomic E-state index is 12.8. The number of nitrogens with zero attached hydrogens (tertiary/aromatic N) is 2. The summed E-state index contributed by atoms with van der Waals surface area (Å²) in [6, 6.07) is 8.41. The highest BCUT2D eigenvalue weighted by Gasteiger charge is 2.35. The Kier molecular flexibility index (Phi) is 3.85. The summed E-state index contributed by atoms with van der Waals surface area (Å²) in [4.78, 5) is 14.8. The van der Waals surface area contributed by atoms with Gasteiger partial charge in [-0.05, 0) is 44.4 Å². The molecule has 0 bridgehead atoms. The highest BCUT2D eigenvalue weighted by molar-refractivity contribution is 9.10. The van der Waals surface area contributed by atoms with Crippen LogP contribution in [0.1, 0.15) is 40.2 Å². The molecule has 0 aliphatic heterocycles. The second-order valence-corrected chi connectivity index (χ2v) is 6.41. The summed E-state index contributed by atoms with van der Waals surface area (Å²) < 4.78 is 6.16. The molecular formula is C16H17BrN2O2. The van der Waals surface area contributed by atoms with E-state index in [0.29, 0.717) is 29.6 Å². The molecule has 1 saturated carbocycles. The number of aromatic nitrogens is 1. The second-order valence-electron chi connectivity index (χ2n) is 5.49. The third kappa shape index (κ3) is 3.02. The predicted octanol–water partition coefficient (Wildman–Crippen LogP) is 3.86. The third-order valence-corrected chi connectivity index (χ3v) is 4.23. The van der Waals surface area contributed by atoms with Crippen molar-refractivity contribution >= 4 is 21.8 Å². The summed E-state index contributed by atoms with van der Waals surface area (Å²) in [6.45, 7) is 4.22. The SMILES string of the molecule is Cc1noc(C)c1C(=O)N(Cc1cccc(Br)c1)C1CC1. The Morgan fingerprint density at radius 1 is 1.43 bits per heavy atom. The number of rotatable bonds is 4. The van der Waals surface area contributed by atoms with Crippen LogP contribution in [0, 0.1) is 13.8 Å². The third-order valence-electron chi connectivity index (χ3n) is 3.74. The van der Waals surface area contributed by atoms with Crippen molar-refractivity contribution in [1.82, 2.24) is 10.1 Å². The zero-order chi connectivity index (χ0) is 15.0. The molecule has 1 heterocycles. The molecule has 21 heavy (non-hydrogen) atoms. The Morgan fingerprint density at radius 3 is 2.76 bits per heavy atom. The van der Waals surface area contributed by atoms with Crippen LogP contribution in [-0.4, -0.2) is 22.0 Å². The Labute approximate surface area is 132 Å². The van der Waals surface area contributed by atoms with Crippen molar-refractivity contribution in [3.8, 4) is 0 Å². The van der Waals surface area contributed by atoms with E-state index in [1.165, 1.54) is 0 Å². The van der Waals surface area contributed by atoms with Crippen molar-refractivity contribution in [3.05, 3.63) is 51.3 Å². The normalized spacial score (nSPS) is 14.2. The summed E-state index contributed by atoms with van der Waals surface area (Å²) in [6.07, 6.45) is 2.15. The van der Waals surface area contributed by atoms with Crippen LogP contribution in [0.3, 0.4) is 0 Å². The molecule has 1 aliphatic rings. The van der Waals surface area contributed by atoms with Gasteiger partial charge in [-0.15, -0.1) is 0 Å². The lowest BCUT2D eigenvalue weighted by Gasteiger charge is -2.22. The fraction of sp³-hybridized carbons (Fsp3) is 0.375. The first-order valence-electron chi connectivity index (χ1n) is 7.04. The van der Waals surface area contributed by atoms with Gasteiger partial charge in [0.05, 0.1) is 5.69 Å². The molecule has 4 nitrogen and oxygen atoms in total. The summed E-state index contributed by atoms with van der Waals surface area (Å²) >= 11 is 3.48. The van der Waals surface area contributed by atoms with Gasteiger partial charge in [0.15, 0.2) is 0 Å². The number of benzene rings is 1. The van der Waals surface area contributed by atoms with E-state index in [1.54, 1.807) is 6.92 Å². The van der Waals surface area contributed by atoms with Gasteiger partial charge in [-0.2, -0.15) is 0 Å². The first-order chi connectivity index (χ1) is 10.1. The zero-order valence-electron chi connectivity index (χ0n) is 12.1. The fourth-order valence-corrected chi connectivity index (χ4v) is 2.96. The van der Waals surface area contributed by atoms with Gasteiger partial charge < -0.3 is 9.42 Å². The Hall–Kier alpha value is -1.62. The van der Waals surface area contributed by atoms with Gasteiger partial charge in [0.25, 0.3) is 5.91 Å². The maximum Gasteiger partial charge on any atom is 0.259 e. The van der Waals surface area contributed by atoms with Gasteiger partial charge in [-0.25, -0.2) is 0 Å². The van der Waals surface area contributed by atoms with Crippen molar-refractivity contribution in [1.29, 1.82) is 0 Å². The van der Waals surface area contributed by atoms with Crippen LogP contribution in [0.2, 0.25) is 0 Å². The quantitative estimate of drug-likeness (QED) is 0.842. The second kappa shape index (κ2) is 5.64. The van der Waals surface area contributed by atoms with E-state index in [-0.39, 0.29) is 5.91 Å². The fourth-order valence-electron chi connectivity index (χ4n) is 2.52. The Balaban J connectivity index is 1.87. The van der Waals surface area contributed by atoms with Crippen LogP contribution in [0.5, 0.6) is 0 Å². The lowest BCUT2D eigenvalue weighted by atomic mass is 10.1. The molecule has 0 spiro atoms. The summed E-state index contributed by atoms with van der Waals surface area (Å²) in [5.41, 5.74) is 2.39.